The van der Waals surface area contributed by atoms with Crippen LogP contribution in [0.1, 0.15) is 28.3 Å². The molecular weight excluding hydrogens is 208 g/mol. The third-order valence-electron chi connectivity index (χ3n) is 3.65. The zero-order chi connectivity index (χ0) is 11.8. The molecule has 1 atom stereocenters. The molecule has 0 aliphatic carbocycles. The number of rotatable bonds is 1. The van der Waals surface area contributed by atoms with Crippen molar-refractivity contribution in [2.24, 2.45) is 0 Å². The molecule has 0 radical (unpaired) electrons. The molecule has 1 aromatic carbocycles. The summed E-state index contributed by atoms with van der Waals surface area (Å²) in [5.41, 5.74) is 6.72. The SMILES string of the molecule is Cc1ccc2c(c1C)NC(c1cccnc1)C2. The summed E-state index contributed by atoms with van der Waals surface area (Å²) >= 11 is 0. The molecule has 2 aromatic rings. The van der Waals surface area contributed by atoms with E-state index in [0.29, 0.717) is 6.04 Å². The smallest absolute Gasteiger partial charge is 0.0570 e. The van der Waals surface area contributed by atoms with Crippen LogP contribution in [0.15, 0.2) is 36.7 Å². The summed E-state index contributed by atoms with van der Waals surface area (Å²) in [6, 6.07) is 8.96. The van der Waals surface area contributed by atoms with E-state index in [9.17, 15) is 0 Å². The molecule has 2 heteroatoms. The molecule has 17 heavy (non-hydrogen) atoms. The highest BCUT2D eigenvalue weighted by molar-refractivity contribution is 5.64. The van der Waals surface area contributed by atoms with Gasteiger partial charge in [0.1, 0.15) is 0 Å². The quantitative estimate of drug-likeness (QED) is 0.803. The molecule has 0 amide bonds. The first kappa shape index (κ1) is 10.3. The van der Waals surface area contributed by atoms with Gasteiger partial charge in [-0.2, -0.15) is 0 Å². The maximum Gasteiger partial charge on any atom is 0.0570 e. The van der Waals surface area contributed by atoms with Crippen molar-refractivity contribution in [3.05, 3.63) is 58.9 Å². The zero-order valence-corrected chi connectivity index (χ0v) is 10.2. The van der Waals surface area contributed by atoms with Crippen molar-refractivity contribution in [3.63, 3.8) is 0 Å². The molecule has 0 spiro atoms. The molecule has 1 N–H and O–H groups in total. The Kier molecular flexibility index (Phi) is 2.36. The van der Waals surface area contributed by atoms with Gasteiger partial charge in [-0.05, 0) is 48.6 Å². The number of hydrogen-bond donors (Lipinski definition) is 1. The van der Waals surface area contributed by atoms with Gasteiger partial charge in [0, 0.05) is 18.1 Å². The maximum absolute atomic E-state index is 4.19. The van der Waals surface area contributed by atoms with Crippen LogP contribution >= 0.6 is 0 Å². The Balaban J connectivity index is 1.96. The highest BCUT2D eigenvalue weighted by atomic mass is 15.0. The lowest BCUT2D eigenvalue weighted by molar-refractivity contribution is 0.817. The number of pyridine rings is 1. The highest BCUT2D eigenvalue weighted by Crippen LogP contribution is 2.37. The Morgan fingerprint density at radius 1 is 1.24 bits per heavy atom. The Morgan fingerprint density at radius 2 is 2.12 bits per heavy atom. The van der Waals surface area contributed by atoms with Gasteiger partial charge in [0.2, 0.25) is 0 Å². The third kappa shape index (κ3) is 1.70. The van der Waals surface area contributed by atoms with Crippen molar-refractivity contribution in [1.29, 1.82) is 0 Å². The van der Waals surface area contributed by atoms with E-state index in [1.165, 1.54) is 27.9 Å². The van der Waals surface area contributed by atoms with E-state index < -0.39 is 0 Å². The Hall–Kier alpha value is -1.83. The summed E-state index contributed by atoms with van der Waals surface area (Å²) in [5.74, 6) is 0. The van der Waals surface area contributed by atoms with Crippen LogP contribution in [0.2, 0.25) is 0 Å². The number of aromatic nitrogens is 1. The fourth-order valence-corrected chi connectivity index (χ4v) is 2.47. The Morgan fingerprint density at radius 3 is 2.88 bits per heavy atom. The minimum Gasteiger partial charge on any atom is -0.377 e. The normalized spacial score (nSPS) is 17.6. The molecule has 0 fully saturated rings. The van der Waals surface area contributed by atoms with Crippen molar-refractivity contribution in [3.8, 4) is 0 Å². The third-order valence-corrected chi connectivity index (χ3v) is 3.65. The summed E-state index contributed by atoms with van der Waals surface area (Å²) in [6.45, 7) is 4.35. The van der Waals surface area contributed by atoms with E-state index in [1.807, 2.05) is 18.5 Å². The van der Waals surface area contributed by atoms with Crippen molar-refractivity contribution >= 4 is 5.69 Å². The topological polar surface area (TPSA) is 24.9 Å². The van der Waals surface area contributed by atoms with Crippen LogP contribution in [0.5, 0.6) is 0 Å². The zero-order valence-electron chi connectivity index (χ0n) is 10.2. The van der Waals surface area contributed by atoms with E-state index in [0.717, 1.165) is 6.42 Å². The summed E-state index contributed by atoms with van der Waals surface area (Å²) in [7, 11) is 0. The van der Waals surface area contributed by atoms with E-state index in [1.54, 1.807) is 0 Å². The first-order valence-corrected chi connectivity index (χ1v) is 6.01. The molecule has 0 saturated carbocycles. The van der Waals surface area contributed by atoms with Gasteiger partial charge in [-0.25, -0.2) is 0 Å². The number of benzene rings is 1. The fourth-order valence-electron chi connectivity index (χ4n) is 2.47. The second-order valence-electron chi connectivity index (χ2n) is 4.73. The molecule has 2 nitrogen and oxygen atoms in total. The highest BCUT2D eigenvalue weighted by Gasteiger charge is 2.23. The molecule has 86 valence electrons. The number of nitrogens with one attached hydrogen (secondary N) is 1. The van der Waals surface area contributed by atoms with Gasteiger partial charge < -0.3 is 5.32 Å². The summed E-state index contributed by atoms with van der Waals surface area (Å²) in [6.07, 6.45) is 4.83. The number of hydrogen-bond acceptors (Lipinski definition) is 2. The number of aryl methyl sites for hydroxylation is 1. The predicted octanol–water partition coefficient (Wildman–Crippen LogP) is 3.41. The molecule has 1 aliphatic heterocycles. The largest absolute Gasteiger partial charge is 0.377 e. The molecule has 0 bridgehead atoms. The van der Waals surface area contributed by atoms with Crippen molar-refractivity contribution in [2.75, 3.05) is 5.32 Å². The second kappa shape index (κ2) is 3.88. The maximum atomic E-state index is 4.19. The Labute approximate surface area is 102 Å². The number of nitrogens with zero attached hydrogens (tertiary/aromatic N) is 1. The van der Waals surface area contributed by atoms with E-state index in [4.69, 9.17) is 0 Å². The standard InChI is InChI=1S/C15H16N2/c1-10-5-6-12-8-14(17-15(12)11(10)2)13-4-3-7-16-9-13/h3-7,9,14,17H,8H2,1-2H3. The predicted molar refractivity (Wildman–Crippen MR) is 70.2 cm³/mol. The van der Waals surface area contributed by atoms with Gasteiger partial charge in [-0.3, -0.25) is 4.98 Å². The van der Waals surface area contributed by atoms with Crippen LogP contribution in [0.4, 0.5) is 5.69 Å². The van der Waals surface area contributed by atoms with Crippen molar-refractivity contribution < 1.29 is 0 Å². The molecule has 1 aliphatic rings. The first-order valence-electron chi connectivity index (χ1n) is 6.01. The van der Waals surface area contributed by atoms with Gasteiger partial charge in [0.25, 0.3) is 0 Å². The molecule has 1 unspecified atom stereocenters. The summed E-state index contributed by atoms with van der Waals surface area (Å²) in [5, 5.41) is 3.62. The van der Waals surface area contributed by atoms with Crippen LogP contribution in [0.3, 0.4) is 0 Å². The van der Waals surface area contributed by atoms with Gasteiger partial charge in [0.05, 0.1) is 6.04 Å². The van der Waals surface area contributed by atoms with E-state index >= 15 is 0 Å². The van der Waals surface area contributed by atoms with Crippen LogP contribution in [-0.4, -0.2) is 4.98 Å². The van der Waals surface area contributed by atoms with Crippen LogP contribution < -0.4 is 5.32 Å². The van der Waals surface area contributed by atoms with E-state index in [2.05, 4.69) is 42.3 Å². The lowest BCUT2D eigenvalue weighted by atomic mass is 10.0. The molecule has 3 rings (SSSR count). The van der Waals surface area contributed by atoms with Crippen molar-refractivity contribution in [1.82, 2.24) is 4.98 Å². The summed E-state index contributed by atoms with van der Waals surface area (Å²) in [4.78, 5) is 4.19. The average molecular weight is 224 g/mol. The minimum absolute atomic E-state index is 0.374. The van der Waals surface area contributed by atoms with Crippen LogP contribution in [0.25, 0.3) is 0 Å². The second-order valence-corrected chi connectivity index (χ2v) is 4.73. The van der Waals surface area contributed by atoms with Crippen LogP contribution in [-0.2, 0) is 6.42 Å². The van der Waals surface area contributed by atoms with Gasteiger partial charge in [-0.15, -0.1) is 0 Å². The van der Waals surface area contributed by atoms with Crippen molar-refractivity contribution in [2.45, 2.75) is 26.3 Å². The lowest BCUT2D eigenvalue weighted by Gasteiger charge is -2.12. The van der Waals surface area contributed by atoms with Gasteiger partial charge in [-0.1, -0.05) is 18.2 Å². The fraction of sp³-hybridized carbons (Fsp3) is 0.267. The van der Waals surface area contributed by atoms with Gasteiger partial charge in [0.15, 0.2) is 0 Å². The minimum atomic E-state index is 0.374. The lowest BCUT2D eigenvalue weighted by Crippen LogP contribution is -2.06. The summed E-state index contributed by atoms with van der Waals surface area (Å²) < 4.78 is 0. The first-order chi connectivity index (χ1) is 8.25. The average Bonchev–Trinajstić information content (AvgIpc) is 2.80. The monoisotopic (exact) mass is 224 g/mol. The van der Waals surface area contributed by atoms with E-state index in [-0.39, 0.29) is 0 Å². The Bertz CT molecular complexity index is 546. The number of fused-ring (bicyclic) bond motifs is 1. The molecule has 2 heterocycles. The van der Waals surface area contributed by atoms with Gasteiger partial charge >= 0.3 is 0 Å². The van der Waals surface area contributed by atoms with Crippen LogP contribution in [0, 0.1) is 13.8 Å². The molecular formula is C15H16N2. The molecule has 0 saturated heterocycles. The number of anilines is 1. The molecule has 1 aromatic heterocycles.